The quantitative estimate of drug-likeness (QED) is 0.111. The van der Waals surface area contributed by atoms with E-state index in [0.29, 0.717) is 0 Å². The van der Waals surface area contributed by atoms with Gasteiger partial charge in [0.25, 0.3) is 0 Å². The second-order valence-corrected chi connectivity index (χ2v) is 16.7. The average molecular weight is 609 g/mol. The van der Waals surface area contributed by atoms with E-state index in [4.69, 9.17) is 0 Å². The summed E-state index contributed by atoms with van der Waals surface area (Å²) < 4.78 is 0. The van der Waals surface area contributed by atoms with Gasteiger partial charge in [0.05, 0.1) is 0 Å². The van der Waals surface area contributed by atoms with Crippen molar-refractivity contribution in [2.45, 2.75) is 95.5 Å². The Kier molecular flexibility index (Phi) is 12.8. The standard InChI is InChI=1S/C32H41P2.C5H5.Fe/c1-25-16-20-30(21-17-25)34(31-22-18-26(2)19-23-31)32-15-9-10-27(32)24-33(28-11-5-3-6-12-28)29-13-7-4-8-14-29;1-2-4-5-3-1;/h9-10,15-23,28-29H,3-8,11-14,24H2,1-2H3;1-5H;/q-1;-5;. The maximum atomic E-state index is 2.49. The second-order valence-electron chi connectivity index (χ2n) is 11.7. The van der Waals surface area contributed by atoms with E-state index < -0.39 is 7.92 Å². The van der Waals surface area contributed by atoms with E-state index in [1.807, 2.05) is 30.3 Å². The van der Waals surface area contributed by atoms with Gasteiger partial charge in [0.1, 0.15) is 0 Å². The van der Waals surface area contributed by atoms with E-state index in [1.54, 1.807) is 10.9 Å². The van der Waals surface area contributed by atoms with Gasteiger partial charge in [0.2, 0.25) is 0 Å². The van der Waals surface area contributed by atoms with Gasteiger partial charge in [0.15, 0.2) is 0 Å². The Bertz CT molecular complexity index is 1130. The van der Waals surface area contributed by atoms with Crippen LogP contribution in [0.15, 0.2) is 97.1 Å². The Morgan fingerprint density at radius 3 is 1.48 bits per heavy atom. The summed E-state index contributed by atoms with van der Waals surface area (Å²) in [5.41, 5.74) is 6.40. The topological polar surface area (TPSA) is 0 Å². The van der Waals surface area contributed by atoms with Crippen LogP contribution < -0.4 is 15.9 Å². The van der Waals surface area contributed by atoms with Gasteiger partial charge in [-0.1, -0.05) is 114 Å². The first-order valence-electron chi connectivity index (χ1n) is 15.3. The van der Waals surface area contributed by atoms with Crippen LogP contribution in [0.2, 0.25) is 0 Å². The molecule has 40 heavy (non-hydrogen) atoms. The predicted octanol–water partition coefficient (Wildman–Crippen LogP) is 9.83. The molecule has 0 saturated heterocycles. The van der Waals surface area contributed by atoms with Gasteiger partial charge < -0.3 is 30.3 Å². The molecule has 0 nitrogen and oxygen atoms in total. The zero-order chi connectivity index (χ0) is 26.9. The summed E-state index contributed by atoms with van der Waals surface area (Å²) in [4.78, 5) is 0. The Hall–Kier alpha value is -1.48. The van der Waals surface area contributed by atoms with Crippen molar-refractivity contribution in [3.8, 4) is 0 Å². The minimum atomic E-state index is -0.510. The number of hydrogen-bond acceptors (Lipinski definition) is 0. The normalized spacial score (nSPS) is 16.4. The Morgan fingerprint density at radius 2 is 1.05 bits per heavy atom. The van der Waals surface area contributed by atoms with Gasteiger partial charge in [-0.2, -0.15) is 11.6 Å². The number of hydrogen-bond donors (Lipinski definition) is 0. The molecule has 0 bridgehead atoms. The zero-order valence-electron chi connectivity index (χ0n) is 24.4. The summed E-state index contributed by atoms with van der Waals surface area (Å²) in [5.74, 6) is 0. The predicted molar refractivity (Wildman–Crippen MR) is 177 cm³/mol. The van der Waals surface area contributed by atoms with Crippen LogP contribution in [0.4, 0.5) is 0 Å². The van der Waals surface area contributed by atoms with Crippen molar-refractivity contribution >= 4 is 31.8 Å². The molecule has 0 spiro atoms. The minimum absolute atomic E-state index is 0. The van der Waals surface area contributed by atoms with Gasteiger partial charge in [-0.15, -0.1) is 5.30 Å². The molecule has 4 aromatic rings. The molecule has 2 aliphatic rings. The molecule has 0 aromatic heterocycles. The molecule has 0 radical (unpaired) electrons. The SMILES string of the molecule is Cc1ccc(P(c2ccc(C)cc2)[c-]2cccc2CP(C2CCCCC2)C2CCCCC2)cc1.[Fe].[cH-]1[cH-][cH-][cH-][cH-]1. The third kappa shape index (κ3) is 8.52. The number of rotatable bonds is 7. The second kappa shape index (κ2) is 16.2. The van der Waals surface area contributed by atoms with Gasteiger partial charge in [-0.3, -0.25) is 0 Å². The van der Waals surface area contributed by atoms with E-state index in [0.717, 1.165) is 11.3 Å². The third-order valence-corrected chi connectivity index (χ3v) is 14.9. The monoisotopic (exact) mass is 608 g/mol. The van der Waals surface area contributed by atoms with Gasteiger partial charge in [0, 0.05) is 17.1 Å². The largest absolute Gasteiger partial charge is 0.748 e. The zero-order valence-corrected chi connectivity index (χ0v) is 27.3. The Balaban J connectivity index is 0.000000557. The molecule has 2 aliphatic carbocycles. The maximum Gasteiger partial charge on any atom is 0 e. The van der Waals surface area contributed by atoms with E-state index in [1.165, 1.54) is 92.1 Å². The van der Waals surface area contributed by atoms with Crippen LogP contribution in [0.5, 0.6) is 0 Å². The van der Waals surface area contributed by atoms with E-state index in [9.17, 15) is 0 Å². The fourth-order valence-electron chi connectivity index (χ4n) is 6.51. The van der Waals surface area contributed by atoms with Crippen molar-refractivity contribution in [2.24, 2.45) is 0 Å². The molecule has 0 N–H and O–H groups in total. The molecular formula is C37H46FeP2-6. The molecular weight excluding hydrogens is 562 g/mol. The molecule has 0 aliphatic heterocycles. The van der Waals surface area contributed by atoms with Crippen molar-refractivity contribution < 1.29 is 17.1 Å². The van der Waals surface area contributed by atoms with Crippen LogP contribution in [0.25, 0.3) is 0 Å². The molecule has 2 fully saturated rings. The minimum Gasteiger partial charge on any atom is -0.748 e. The molecule has 3 heteroatoms. The summed E-state index contributed by atoms with van der Waals surface area (Å²) in [6, 6.07) is 36.1. The van der Waals surface area contributed by atoms with Crippen LogP contribution in [0.3, 0.4) is 0 Å². The molecule has 0 unspecified atom stereocenters. The third-order valence-electron chi connectivity index (χ3n) is 8.70. The first kappa shape index (κ1) is 31.5. The van der Waals surface area contributed by atoms with Gasteiger partial charge in [-0.05, 0) is 67.6 Å². The van der Waals surface area contributed by atoms with Crippen LogP contribution in [-0.2, 0) is 23.2 Å². The van der Waals surface area contributed by atoms with Crippen LogP contribution in [0, 0.1) is 13.8 Å². The molecule has 218 valence electrons. The molecule has 4 aromatic carbocycles. The van der Waals surface area contributed by atoms with E-state index in [2.05, 4.69) is 80.6 Å². The summed E-state index contributed by atoms with van der Waals surface area (Å²) in [6.07, 6.45) is 16.2. The molecule has 2 saturated carbocycles. The number of aryl methyl sites for hydroxylation is 2. The van der Waals surface area contributed by atoms with Crippen molar-refractivity contribution in [1.29, 1.82) is 0 Å². The van der Waals surface area contributed by atoms with Gasteiger partial charge >= 0.3 is 0 Å². The van der Waals surface area contributed by atoms with Crippen LogP contribution in [0.1, 0.15) is 80.9 Å². The summed E-state index contributed by atoms with van der Waals surface area (Å²) in [7, 11) is -0.436. The van der Waals surface area contributed by atoms with E-state index >= 15 is 0 Å². The Morgan fingerprint density at radius 1 is 0.625 bits per heavy atom. The molecule has 0 heterocycles. The fourth-order valence-corrected chi connectivity index (χ4v) is 12.9. The van der Waals surface area contributed by atoms with Crippen molar-refractivity contribution in [2.75, 3.05) is 0 Å². The first-order valence-corrected chi connectivity index (χ1v) is 18.3. The average Bonchev–Trinajstić information content (AvgIpc) is 3.71. The van der Waals surface area contributed by atoms with Crippen molar-refractivity contribution in [3.05, 3.63) is 114 Å². The van der Waals surface area contributed by atoms with Crippen molar-refractivity contribution in [3.63, 3.8) is 0 Å². The van der Waals surface area contributed by atoms with Crippen LogP contribution >= 0.6 is 15.8 Å². The maximum absolute atomic E-state index is 2.49. The summed E-state index contributed by atoms with van der Waals surface area (Å²) in [5, 5.41) is 4.62. The van der Waals surface area contributed by atoms with Crippen LogP contribution in [-0.4, -0.2) is 11.3 Å². The van der Waals surface area contributed by atoms with Gasteiger partial charge in [-0.25, -0.2) is 12.1 Å². The van der Waals surface area contributed by atoms with Crippen molar-refractivity contribution in [1.82, 2.24) is 0 Å². The molecule has 0 amide bonds. The summed E-state index contributed by atoms with van der Waals surface area (Å²) >= 11 is 0. The molecule has 0 atom stereocenters. The smallest absolute Gasteiger partial charge is 0 e. The summed E-state index contributed by atoms with van der Waals surface area (Å²) in [6.45, 7) is 4.40. The Labute approximate surface area is 257 Å². The first-order chi connectivity index (χ1) is 19.2. The fraction of sp³-hybridized carbons (Fsp3) is 0.405. The van der Waals surface area contributed by atoms with E-state index in [-0.39, 0.29) is 25.0 Å². The molecule has 6 rings (SSSR count). The number of benzene rings is 2.